The Hall–Kier alpha value is -2.60. The molecule has 23 heavy (non-hydrogen) atoms. The number of nitrogens with zero attached hydrogens (tertiary/aromatic N) is 1. The number of halogens is 1. The number of hydrogen-bond donors (Lipinski definition) is 2. The number of urea groups is 1. The summed E-state index contributed by atoms with van der Waals surface area (Å²) in [6.07, 6.45) is 3.23. The molecule has 2 aromatic rings. The van der Waals surface area contributed by atoms with Gasteiger partial charge in [0.25, 0.3) is 0 Å². The van der Waals surface area contributed by atoms with Crippen molar-refractivity contribution < 1.29 is 9.59 Å². The fraction of sp³-hybridized carbons (Fsp3) is 0.0588. The normalized spacial score (nSPS) is 10.5. The summed E-state index contributed by atoms with van der Waals surface area (Å²) in [6, 6.07) is 13.6. The summed E-state index contributed by atoms with van der Waals surface area (Å²) >= 11 is 3.36. The number of amides is 3. The van der Waals surface area contributed by atoms with Gasteiger partial charge in [-0.1, -0.05) is 34.1 Å². The van der Waals surface area contributed by atoms with E-state index in [-0.39, 0.29) is 0 Å². The van der Waals surface area contributed by atoms with E-state index < -0.39 is 11.9 Å². The van der Waals surface area contributed by atoms with Crippen LogP contribution in [0.2, 0.25) is 0 Å². The van der Waals surface area contributed by atoms with E-state index in [9.17, 15) is 9.59 Å². The van der Waals surface area contributed by atoms with E-state index in [0.717, 1.165) is 14.9 Å². The van der Waals surface area contributed by atoms with Crippen LogP contribution in [0.25, 0.3) is 6.08 Å². The van der Waals surface area contributed by atoms with Gasteiger partial charge in [0.2, 0.25) is 5.91 Å². The maximum absolute atomic E-state index is 12.2. The van der Waals surface area contributed by atoms with Gasteiger partial charge in [-0.15, -0.1) is 0 Å². The molecule has 0 unspecified atom stereocenters. The van der Waals surface area contributed by atoms with Gasteiger partial charge in [-0.2, -0.15) is 0 Å². The molecule has 5 nitrogen and oxygen atoms in total. The molecule has 0 aliphatic heterocycles. The van der Waals surface area contributed by atoms with Gasteiger partial charge in [0.1, 0.15) is 0 Å². The molecule has 0 heterocycles. The number of carbonyl (C=O) groups excluding carboxylic acids is 2. The minimum absolute atomic E-state index is 0.398. The topological polar surface area (TPSA) is 75.4 Å². The van der Waals surface area contributed by atoms with Crippen LogP contribution in [0.3, 0.4) is 0 Å². The Morgan fingerprint density at radius 2 is 1.87 bits per heavy atom. The number of hydrogen-bond acceptors (Lipinski definition) is 3. The van der Waals surface area contributed by atoms with Gasteiger partial charge in [-0.25, -0.2) is 9.69 Å². The largest absolute Gasteiger partial charge is 0.399 e. The third kappa shape index (κ3) is 4.69. The van der Waals surface area contributed by atoms with E-state index in [0.29, 0.717) is 11.4 Å². The van der Waals surface area contributed by atoms with Crippen molar-refractivity contribution in [3.63, 3.8) is 0 Å². The number of nitrogen functional groups attached to an aromatic ring is 1. The molecule has 0 atom stereocenters. The Balaban J connectivity index is 2.10. The molecule has 2 rings (SSSR count). The molecule has 6 heteroatoms. The zero-order chi connectivity index (χ0) is 16.8. The number of nitrogens with one attached hydrogen (secondary N) is 1. The van der Waals surface area contributed by atoms with Crippen LogP contribution in [0, 0.1) is 0 Å². The summed E-state index contributed by atoms with van der Waals surface area (Å²) in [5.74, 6) is -0.398. The fourth-order valence-electron chi connectivity index (χ4n) is 1.95. The van der Waals surface area contributed by atoms with Crippen LogP contribution >= 0.6 is 15.9 Å². The summed E-state index contributed by atoms with van der Waals surface area (Å²) in [5, 5.41) is 2.58. The Morgan fingerprint density at radius 3 is 2.48 bits per heavy atom. The van der Waals surface area contributed by atoms with Crippen LogP contribution in [0.15, 0.2) is 59.2 Å². The lowest BCUT2D eigenvalue weighted by atomic mass is 10.2. The van der Waals surface area contributed by atoms with Crippen molar-refractivity contribution >= 4 is 45.3 Å². The molecule has 0 aliphatic rings. The highest BCUT2D eigenvalue weighted by atomic mass is 79.9. The number of rotatable bonds is 3. The van der Waals surface area contributed by atoms with Crippen LogP contribution in [-0.2, 0) is 4.79 Å². The highest BCUT2D eigenvalue weighted by Gasteiger charge is 2.19. The monoisotopic (exact) mass is 373 g/mol. The zero-order valence-corrected chi connectivity index (χ0v) is 14.1. The highest BCUT2D eigenvalue weighted by Crippen LogP contribution is 2.18. The maximum atomic E-state index is 12.2. The summed E-state index contributed by atoms with van der Waals surface area (Å²) < 4.78 is 0.975. The average molecular weight is 374 g/mol. The van der Waals surface area contributed by atoms with E-state index in [1.807, 2.05) is 24.3 Å². The quantitative estimate of drug-likeness (QED) is 0.804. The molecule has 0 aliphatic carbocycles. The van der Waals surface area contributed by atoms with Crippen LogP contribution in [-0.4, -0.2) is 11.9 Å². The first-order chi connectivity index (χ1) is 11.0. The maximum Gasteiger partial charge on any atom is 0.332 e. The third-order valence-electron chi connectivity index (χ3n) is 3.00. The smallest absolute Gasteiger partial charge is 0.332 e. The molecule has 0 saturated carbocycles. The molecule has 3 amide bonds. The number of anilines is 2. The third-order valence-corrected chi connectivity index (χ3v) is 3.53. The molecule has 3 N–H and O–H groups in total. The molecule has 0 saturated heterocycles. The first-order valence-electron chi connectivity index (χ1n) is 6.86. The Kier molecular flexibility index (Phi) is 5.54. The molecule has 0 fully saturated rings. The van der Waals surface area contributed by atoms with Gasteiger partial charge in [0, 0.05) is 23.3 Å². The van der Waals surface area contributed by atoms with E-state index in [1.165, 1.54) is 13.1 Å². The second kappa shape index (κ2) is 7.60. The predicted molar refractivity (Wildman–Crippen MR) is 95.7 cm³/mol. The van der Waals surface area contributed by atoms with Crippen LogP contribution < -0.4 is 16.0 Å². The molecule has 0 radical (unpaired) electrons. The van der Waals surface area contributed by atoms with Crippen molar-refractivity contribution in [1.82, 2.24) is 5.32 Å². The number of carbonyl (C=O) groups is 2. The molecular weight excluding hydrogens is 358 g/mol. The van der Waals surface area contributed by atoms with Crippen LogP contribution in [0.5, 0.6) is 0 Å². The molecule has 0 spiro atoms. The Labute approximate surface area is 142 Å². The molecular formula is C17H16BrN3O2. The van der Waals surface area contributed by atoms with E-state index in [1.54, 1.807) is 30.3 Å². The van der Waals surface area contributed by atoms with Crippen molar-refractivity contribution in [2.45, 2.75) is 6.92 Å². The predicted octanol–water partition coefficient (Wildman–Crippen LogP) is 3.76. The first-order valence-corrected chi connectivity index (χ1v) is 7.65. The lowest BCUT2D eigenvalue weighted by molar-refractivity contribution is -0.115. The van der Waals surface area contributed by atoms with E-state index >= 15 is 0 Å². The number of nitrogens with two attached hydrogens (primary N) is 1. The SMILES string of the molecule is CC(=O)N(C(=O)N/C=C/c1ccc(Br)cc1)c1cccc(N)c1. The number of imide groups is 1. The molecule has 0 bridgehead atoms. The minimum atomic E-state index is -0.545. The van der Waals surface area contributed by atoms with Crippen LogP contribution in [0.4, 0.5) is 16.2 Å². The second-order valence-corrected chi connectivity index (χ2v) is 5.70. The number of benzene rings is 2. The minimum Gasteiger partial charge on any atom is -0.399 e. The van der Waals surface area contributed by atoms with Crippen molar-refractivity contribution in [3.8, 4) is 0 Å². The summed E-state index contributed by atoms with van der Waals surface area (Å²) in [4.78, 5) is 25.0. The van der Waals surface area contributed by atoms with Gasteiger partial charge in [0.15, 0.2) is 0 Å². The van der Waals surface area contributed by atoms with Gasteiger partial charge in [-0.05, 0) is 42.0 Å². The Morgan fingerprint density at radius 1 is 1.17 bits per heavy atom. The summed E-state index contributed by atoms with van der Waals surface area (Å²) in [6.45, 7) is 1.32. The standard InChI is InChI=1S/C17H16BrN3O2/c1-12(22)21(16-4-2-3-15(19)11-16)17(23)20-10-9-13-5-7-14(18)8-6-13/h2-11H,19H2,1H3,(H,20,23)/b10-9+. The lowest BCUT2D eigenvalue weighted by Crippen LogP contribution is -2.41. The highest BCUT2D eigenvalue weighted by molar-refractivity contribution is 9.10. The average Bonchev–Trinajstić information content (AvgIpc) is 2.49. The van der Waals surface area contributed by atoms with Gasteiger partial charge in [0.05, 0.1) is 5.69 Å². The Bertz CT molecular complexity index is 742. The van der Waals surface area contributed by atoms with E-state index in [4.69, 9.17) is 5.73 Å². The van der Waals surface area contributed by atoms with Crippen LogP contribution in [0.1, 0.15) is 12.5 Å². The van der Waals surface area contributed by atoms with Gasteiger partial charge < -0.3 is 11.1 Å². The molecule has 0 aromatic heterocycles. The first kappa shape index (κ1) is 16.8. The zero-order valence-electron chi connectivity index (χ0n) is 12.5. The molecule has 2 aromatic carbocycles. The van der Waals surface area contributed by atoms with E-state index in [2.05, 4.69) is 21.2 Å². The van der Waals surface area contributed by atoms with Crippen molar-refractivity contribution in [1.29, 1.82) is 0 Å². The second-order valence-electron chi connectivity index (χ2n) is 4.78. The lowest BCUT2D eigenvalue weighted by Gasteiger charge is -2.19. The van der Waals surface area contributed by atoms with Crippen molar-refractivity contribution in [2.75, 3.05) is 10.6 Å². The fourth-order valence-corrected chi connectivity index (χ4v) is 2.22. The summed E-state index contributed by atoms with van der Waals surface area (Å²) in [5.41, 5.74) is 7.52. The van der Waals surface area contributed by atoms with Gasteiger partial charge >= 0.3 is 6.03 Å². The van der Waals surface area contributed by atoms with Crippen molar-refractivity contribution in [3.05, 3.63) is 64.8 Å². The summed E-state index contributed by atoms with van der Waals surface area (Å²) in [7, 11) is 0. The van der Waals surface area contributed by atoms with Crippen molar-refractivity contribution in [2.24, 2.45) is 0 Å². The van der Waals surface area contributed by atoms with Gasteiger partial charge in [-0.3, -0.25) is 4.79 Å². The molecule has 118 valence electrons.